The van der Waals surface area contributed by atoms with E-state index in [9.17, 15) is 13.2 Å². The number of alkyl halides is 1. The van der Waals surface area contributed by atoms with Crippen molar-refractivity contribution in [2.75, 3.05) is 12.4 Å². The number of carbonyl (C=O) groups excluding carboxylic acids is 1. The van der Waals surface area contributed by atoms with Crippen LogP contribution in [0.2, 0.25) is 0 Å². The molecule has 0 aromatic heterocycles. The summed E-state index contributed by atoms with van der Waals surface area (Å²) in [6.45, 7) is 0.283. The van der Waals surface area contributed by atoms with Crippen LogP contribution in [0.1, 0.15) is 15.9 Å². The van der Waals surface area contributed by atoms with Gasteiger partial charge in [0, 0.05) is 12.1 Å². The SMILES string of the molecule is O=C(CCl)c1ccccc1CCN[SH](=O)=O. The molecule has 0 aliphatic rings. The molecule has 0 aliphatic heterocycles. The molecule has 0 aliphatic carbocycles. The van der Waals surface area contributed by atoms with Crippen molar-refractivity contribution >= 4 is 28.3 Å². The molecule has 0 unspecified atom stereocenters. The van der Waals surface area contributed by atoms with E-state index < -0.39 is 10.9 Å². The largest absolute Gasteiger partial charge is 0.293 e. The maximum absolute atomic E-state index is 11.5. The predicted octanol–water partition coefficient (Wildman–Crippen LogP) is 0.767. The second kappa shape index (κ2) is 6.62. The summed E-state index contributed by atoms with van der Waals surface area (Å²) >= 11 is 5.48. The molecular formula is C10H12ClNO3S. The van der Waals surface area contributed by atoms with Crippen LogP contribution in [0, 0.1) is 0 Å². The standard InChI is InChI=1S/C10H12ClNO3S/c11-7-10(13)9-4-2-1-3-8(9)5-6-12-16(14)15/h1-4,16H,5-7H2,(H,12,14,15). The highest BCUT2D eigenvalue weighted by molar-refractivity contribution is 7.70. The average Bonchev–Trinajstić information content (AvgIpc) is 2.28. The normalized spacial score (nSPS) is 10.6. The van der Waals surface area contributed by atoms with E-state index in [1.807, 2.05) is 0 Å². The van der Waals surface area contributed by atoms with Crippen molar-refractivity contribution in [3.63, 3.8) is 0 Å². The Morgan fingerprint density at radius 2 is 2.00 bits per heavy atom. The third kappa shape index (κ3) is 3.92. The van der Waals surface area contributed by atoms with Crippen LogP contribution in [0.5, 0.6) is 0 Å². The van der Waals surface area contributed by atoms with Crippen LogP contribution in [0.25, 0.3) is 0 Å². The number of nitrogens with one attached hydrogen (secondary N) is 1. The van der Waals surface area contributed by atoms with Crippen molar-refractivity contribution in [2.45, 2.75) is 6.42 Å². The zero-order valence-electron chi connectivity index (χ0n) is 8.48. The lowest BCUT2D eigenvalue weighted by atomic mass is 10.0. The molecule has 1 rings (SSSR count). The number of hydrogen-bond acceptors (Lipinski definition) is 3. The smallest absolute Gasteiger partial charge is 0.201 e. The lowest BCUT2D eigenvalue weighted by Gasteiger charge is -2.06. The summed E-state index contributed by atoms with van der Waals surface area (Å²) < 4.78 is 22.9. The summed E-state index contributed by atoms with van der Waals surface area (Å²) in [5.74, 6) is -0.218. The van der Waals surface area contributed by atoms with Crippen LogP contribution in [0.15, 0.2) is 24.3 Å². The van der Waals surface area contributed by atoms with Crippen molar-refractivity contribution in [1.82, 2.24) is 4.72 Å². The molecule has 0 spiro atoms. The van der Waals surface area contributed by atoms with Crippen molar-refractivity contribution < 1.29 is 13.2 Å². The lowest BCUT2D eigenvalue weighted by molar-refractivity contribution is 0.102. The van der Waals surface area contributed by atoms with Crippen LogP contribution in [-0.2, 0) is 17.3 Å². The van der Waals surface area contributed by atoms with Crippen LogP contribution in [0.3, 0.4) is 0 Å². The Hall–Kier alpha value is -0.910. The number of thiol groups is 1. The first-order valence-corrected chi connectivity index (χ1v) is 6.41. The predicted molar refractivity (Wildman–Crippen MR) is 63.5 cm³/mol. The van der Waals surface area contributed by atoms with E-state index in [0.29, 0.717) is 12.0 Å². The van der Waals surface area contributed by atoms with Gasteiger partial charge in [0.05, 0.1) is 5.88 Å². The maximum atomic E-state index is 11.5. The van der Waals surface area contributed by atoms with E-state index in [-0.39, 0.29) is 18.2 Å². The summed E-state index contributed by atoms with van der Waals surface area (Å²) in [6.07, 6.45) is 0.474. The molecule has 0 saturated carbocycles. The van der Waals surface area contributed by atoms with Crippen LogP contribution in [-0.4, -0.2) is 26.6 Å². The summed E-state index contributed by atoms with van der Waals surface area (Å²) in [7, 11) is -2.59. The minimum atomic E-state index is -2.59. The Labute approximate surface area is 101 Å². The quantitative estimate of drug-likeness (QED) is 0.452. The van der Waals surface area contributed by atoms with Gasteiger partial charge in [0.25, 0.3) is 0 Å². The average molecular weight is 262 g/mol. The highest BCUT2D eigenvalue weighted by Gasteiger charge is 2.08. The van der Waals surface area contributed by atoms with Crippen molar-refractivity contribution in [3.05, 3.63) is 35.4 Å². The van der Waals surface area contributed by atoms with Gasteiger partial charge >= 0.3 is 0 Å². The molecule has 0 amide bonds. The van der Waals surface area contributed by atoms with E-state index in [1.165, 1.54) is 0 Å². The number of benzene rings is 1. The Balaban J connectivity index is 2.75. The summed E-state index contributed by atoms with van der Waals surface area (Å²) in [4.78, 5) is 11.5. The molecular weight excluding hydrogens is 250 g/mol. The van der Waals surface area contributed by atoms with E-state index in [0.717, 1.165) is 5.56 Å². The first kappa shape index (κ1) is 13.2. The zero-order valence-corrected chi connectivity index (χ0v) is 10.1. The number of carbonyl (C=O) groups is 1. The van der Waals surface area contributed by atoms with Crippen LogP contribution < -0.4 is 4.72 Å². The Bertz CT molecular complexity index is 437. The van der Waals surface area contributed by atoms with Gasteiger partial charge in [-0.3, -0.25) is 4.79 Å². The minimum absolute atomic E-state index is 0.0692. The summed E-state index contributed by atoms with van der Waals surface area (Å²) in [5, 5.41) is 0. The Morgan fingerprint density at radius 1 is 1.31 bits per heavy atom. The molecule has 88 valence electrons. The summed E-state index contributed by atoms with van der Waals surface area (Å²) in [6, 6.07) is 7.04. The highest BCUT2D eigenvalue weighted by Crippen LogP contribution is 2.10. The van der Waals surface area contributed by atoms with Crippen LogP contribution in [0.4, 0.5) is 0 Å². The van der Waals surface area contributed by atoms with Crippen LogP contribution >= 0.6 is 11.6 Å². The first-order valence-electron chi connectivity index (χ1n) is 4.70. The molecule has 0 fully saturated rings. The zero-order chi connectivity index (χ0) is 12.0. The highest BCUT2D eigenvalue weighted by atomic mass is 35.5. The molecule has 1 aromatic rings. The monoisotopic (exact) mass is 261 g/mol. The summed E-state index contributed by atoms with van der Waals surface area (Å²) in [5.41, 5.74) is 1.36. The molecule has 1 N–H and O–H groups in total. The number of ketones is 1. The fourth-order valence-corrected chi connectivity index (χ4v) is 1.80. The number of rotatable bonds is 6. The molecule has 0 radical (unpaired) electrons. The van der Waals surface area contributed by atoms with Gasteiger partial charge < -0.3 is 0 Å². The fraction of sp³-hybridized carbons (Fsp3) is 0.300. The van der Waals surface area contributed by atoms with E-state index >= 15 is 0 Å². The Morgan fingerprint density at radius 3 is 2.62 bits per heavy atom. The third-order valence-corrected chi connectivity index (χ3v) is 2.80. The topological polar surface area (TPSA) is 63.2 Å². The van der Waals surface area contributed by atoms with Gasteiger partial charge in [-0.1, -0.05) is 24.3 Å². The van der Waals surface area contributed by atoms with Crippen molar-refractivity contribution in [3.8, 4) is 0 Å². The number of Topliss-reactive ketones (excluding diaryl/α,β-unsaturated/α-hetero) is 1. The van der Waals surface area contributed by atoms with E-state index in [2.05, 4.69) is 4.72 Å². The van der Waals surface area contributed by atoms with Gasteiger partial charge in [-0.2, -0.15) is 0 Å². The van der Waals surface area contributed by atoms with Gasteiger partial charge in [-0.05, 0) is 12.0 Å². The first-order chi connectivity index (χ1) is 7.65. The molecule has 6 heteroatoms. The Kier molecular flexibility index (Phi) is 5.45. The molecule has 0 atom stereocenters. The lowest BCUT2D eigenvalue weighted by Crippen LogP contribution is -2.16. The third-order valence-electron chi connectivity index (χ3n) is 2.07. The fourth-order valence-electron chi connectivity index (χ4n) is 1.36. The number of halogens is 1. The molecule has 1 aromatic carbocycles. The maximum Gasteiger partial charge on any atom is 0.201 e. The molecule has 0 saturated heterocycles. The second-order valence-corrected chi connectivity index (χ2v) is 4.23. The van der Waals surface area contributed by atoms with E-state index in [4.69, 9.17) is 11.6 Å². The van der Waals surface area contributed by atoms with Gasteiger partial charge in [-0.15, -0.1) is 11.6 Å². The van der Waals surface area contributed by atoms with Crippen molar-refractivity contribution in [1.29, 1.82) is 0 Å². The van der Waals surface area contributed by atoms with Gasteiger partial charge in [0.2, 0.25) is 10.9 Å². The second-order valence-electron chi connectivity index (χ2n) is 3.13. The number of hydrogen-bond donors (Lipinski definition) is 2. The molecule has 0 heterocycles. The molecule has 4 nitrogen and oxygen atoms in total. The molecule has 0 bridgehead atoms. The minimum Gasteiger partial charge on any atom is -0.293 e. The van der Waals surface area contributed by atoms with Gasteiger partial charge in [0.1, 0.15) is 0 Å². The van der Waals surface area contributed by atoms with Gasteiger partial charge in [-0.25, -0.2) is 13.1 Å². The van der Waals surface area contributed by atoms with Gasteiger partial charge in [0.15, 0.2) is 5.78 Å². The molecule has 16 heavy (non-hydrogen) atoms. The van der Waals surface area contributed by atoms with Crippen molar-refractivity contribution in [2.24, 2.45) is 0 Å². The van der Waals surface area contributed by atoms with E-state index in [1.54, 1.807) is 24.3 Å².